The molecular weight excluding hydrogens is 326 g/mol. The van der Waals surface area contributed by atoms with Crippen LogP contribution in [0.5, 0.6) is 5.75 Å². The molecule has 0 fully saturated rings. The molecule has 0 atom stereocenters. The number of hydrogen-bond acceptors (Lipinski definition) is 3. The maximum absolute atomic E-state index is 13.0. The lowest BCUT2D eigenvalue weighted by molar-refractivity contribution is 0.0733. The van der Waals surface area contributed by atoms with Crippen molar-refractivity contribution < 1.29 is 14.3 Å². The SMILES string of the molecule is COc1ccc(C(=O)N2CCc3ccccc3C2)cc1COCC(C)C. The Bertz CT molecular complexity index is 770. The van der Waals surface area contributed by atoms with E-state index < -0.39 is 0 Å². The second kappa shape index (κ2) is 8.37. The van der Waals surface area contributed by atoms with Crippen molar-refractivity contribution in [2.45, 2.75) is 33.4 Å². The molecule has 0 saturated heterocycles. The van der Waals surface area contributed by atoms with Crippen molar-refractivity contribution in [3.05, 3.63) is 64.7 Å². The molecule has 3 rings (SSSR count). The maximum atomic E-state index is 13.0. The molecule has 1 amide bonds. The molecule has 4 nitrogen and oxygen atoms in total. The van der Waals surface area contributed by atoms with Gasteiger partial charge in [-0.2, -0.15) is 0 Å². The van der Waals surface area contributed by atoms with Gasteiger partial charge in [-0.3, -0.25) is 4.79 Å². The highest BCUT2D eigenvalue weighted by atomic mass is 16.5. The Morgan fingerprint density at radius 1 is 1.15 bits per heavy atom. The summed E-state index contributed by atoms with van der Waals surface area (Å²) in [4.78, 5) is 14.9. The zero-order chi connectivity index (χ0) is 18.5. The molecule has 0 bridgehead atoms. The lowest BCUT2D eigenvalue weighted by Gasteiger charge is -2.29. The van der Waals surface area contributed by atoms with Crippen LogP contribution in [0.2, 0.25) is 0 Å². The average molecular weight is 353 g/mol. The van der Waals surface area contributed by atoms with E-state index in [1.54, 1.807) is 7.11 Å². The third-order valence-electron chi connectivity index (χ3n) is 4.65. The molecule has 0 spiro atoms. The Balaban J connectivity index is 1.75. The number of benzene rings is 2. The monoisotopic (exact) mass is 353 g/mol. The standard InChI is InChI=1S/C22H27NO3/c1-16(2)14-26-15-20-12-18(8-9-21(20)25-3)22(24)23-11-10-17-6-4-5-7-19(17)13-23/h4-9,12,16H,10-11,13-15H2,1-3H3. The lowest BCUT2D eigenvalue weighted by atomic mass is 9.99. The van der Waals surface area contributed by atoms with Crippen LogP contribution in [-0.4, -0.2) is 31.1 Å². The molecule has 138 valence electrons. The molecule has 2 aromatic rings. The molecule has 0 radical (unpaired) electrons. The highest BCUT2D eigenvalue weighted by Gasteiger charge is 2.22. The van der Waals surface area contributed by atoms with Gasteiger partial charge in [-0.15, -0.1) is 0 Å². The molecule has 0 unspecified atom stereocenters. The number of fused-ring (bicyclic) bond motifs is 1. The van der Waals surface area contributed by atoms with Crippen molar-refractivity contribution in [1.82, 2.24) is 4.90 Å². The summed E-state index contributed by atoms with van der Waals surface area (Å²) in [6.45, 7) is 6.79. The van der Waals surface area contributed by atoms with Crippen molar-refractivity contribution in [3.8, 4) is 5.75 Å². The highest BCUT2D eigenvalue weighted by molar-refractivity contribution is 5.94. The maximum Gasteiger partial charge on any atom is 0.254 e. The van der Waals surface area contributed by atoms with E-state index in [0.717, 1.165) is 24.3 Å². The van der Waals surface area contributed by atoms with E-state index in [2.05, 4.69) is 32.0 Å². The number of carbonyl (C=O) groups excluding carboxylic acids is 1. The number of amides is 1. The summed E-state index contributed by atoms with van der Waals surface area (Å²) in [5.74, 6) is 1.29. The largest absolute Gasteiger partial charge is 0.496 e. The number of methoxy groups -OCH3 is 1. The zero-order valence-corrected chi connectivity index (χ0v) is 15.8. The Morgan fingerprint density at radius 2 is 1.92 bits per heavy atom. The first-order chi connectivity index (χ1) is 12.6. The van der Waals surface area contributed by atoms with Gasteiger partial charge in [0.15, 0.2) is 0 Å². The van der Waals surface area contributed by atoms with E-state index in [0.29, 0.717) is 31.2 Å². The van der Waals surface area contributed by atoms with E-state index in [4.69, 9.17) is 9.47 Å². The number of ether oxygens (including phenoxy) is 2. The minimum Gasteiger partial charge on any atom is -0.496 e. The zero-order valence-electron chi connectivity index (χ0n) is 15.8. The van der Waals surface area contributed by atoms with Gasteiger partial charge in [-0.05, 0) is 41.7 Å². The van der Waals surface area contributed by atoms with Gasteiger partial charge in [0.25, 0.3) is 5.91 Å². The van der Waals surface area contributed by atoms with Crippen LogP contribution in [0.4, 0.5) is 0 Å². The highest BCUT2D eigenvalue weighted by Crippen LogP contribution is 2.24. The van der Waals surface area contributed by atoms with E-state index >= 15 is 0 Å². The summed E-state index contributed by atoms with van der Waals surface area (Å²) >= 11 is 0. The number of carbonyl (C=O) groups is 1. The third-order valence-corrected chi connectivity index (χ3v) is 4.65. The topological polar surface area (TPSA) is 38.8 Å². The fourth-order valence-electron chi connectivity index (χ4n) is 3.28. The van der Waals surface area contributed by atoms with Crippen LogP contribution in [0.25, 0.3) is 0 Å². The Morgan fingerprint density at radius 3 is 2.65 bits per heavy atom. The van der Waals surface area contributed by atoms with Crippen molar-refractivity contribution in [3.63, 3.8) is 0 Å². The van der Waals surface area contributed by atoms with Crippen molar-refractivity contribution >= 4 is 5.91 Å². The quantitative estimate of drug-likeness (QED) is 0.786. The summed E-state index contributed by atoms with van der Waals surface area (Å²) in [5, 5.41) is 0. The van der Waals surface area contributed by atoms with E-state index in [-0.39, 0.29) is 5.91 Å². The molecule has 0 aromatic heterocycles. The molecular formula is C22H27NO3. The summed E-state index contributed by atoms with van der Waals surface area (Å²) in [6.07, 6.45) is 0.905. The van der Waals surface area contributed by atoms with Crippen molar-refractivity contribution in [2.24, 2.45) is 5.92 Å². The molecule has 4 heteroatoms. The van der Waals surface area contributed by atoms with Gasteiger partial charge in [0.1, 0.15) is 5.75 Å². The second-order valence-corrected chi connectivity index (χ2v) is 7.18. The molecule has 0 N–H and O–H groups in total. The molecule has 0 aliphatic carbocycles. The predicted octanol–water partition coefficient (Wildman–Crippen LogP) is 4.07. The van der Waals surface area contributed by atoms with E-state index in [1.807, 2.05) is 29.2 Å². The number of nitrogens with zero attached hydrogens (tertiary/aromatic N) is 1. The van der Waals surface area contributed by atoms with Gasteiger partial charge in [0, 0.05) is 30.8 Å². The lowest BCUT2D eigenvalue weighted by Crippen LogP contribution is -2.36. The Hall–Kier alpha value is -2.33. The summed E-state index contributed by atoms with van der Waals surface area (Å²) in [5.41, 5.74) is 4.18. The van der Waals surface area contributed by atoms with Gasteiger partial charge in [0.2, 0.25) is 0 Å². The third kappa shape index (κ3) is 4.25. The molecule has 2 aromatic carbocycles. The van der Waals surface area contributed by atoms with Crippen LogP contribution in [0, 0.1) is 5.92 Å². The minimum atomic E-state index is 0.0623. The molecule has 1 aliphatic rings. The average Bonchev–Trinajstić information content (AvgIpc) is 2.66. The van der Waals surface area contributed by atoms with Gasteiger partial charge in [0.05, 0.1) is 13.7 Å². The van der Waals surface area contributed by atoms with E-state index in [9.17, 15) is 4.79 Å². The summed E-state index contributed by atoms with van der Waals surface area (Å²) in [7, 11) is 1.64. The first kappa shape index (κ1) is 18.5. The van der Waals surface area contributed by atoms with Crippen molar-refractivity contribution in [1.29, 1.82) is 0 Å². The smallest absolute Gasteiger partial charge is 0.254 e. The van der Waals surface area contributed by atoms with Gasteiger partial charge < -0.3 is 14.4 Å². The first-order valence-electron chi connectivity index (χ1n) is 9.19. The van der Waals surface area contributed by atoms with Crippen LogP contribution >= 0.6 is 0 Å². The fraction of sp³-hybridized carbons (Fsp3) is 0.409. The van der Waals surface area contributed by atoms with Crippen molar-refractivity contribution in [2.75, 3.05) is 20.3 Å². The summed E-state index contributed by atoms with van der Waals surface area (Å²) < 4.78 is 11.2. The first-order valence-corrected chi connectivity index (χ1v) is 9.19. The van der Waals surface area contributed by atoms with Crippen LogP contribution in [0.1, 0.15) is 40.9 Å². The molecule has 1 aliphatic heterocycles. The van der Waals surface area contributed by atoms with E-state index in [1.165, 1.54) is 11.1 Å². The molecule has 1 heterocycles. The minimum absolute atomic E-state index is 0.0623. The van der Waals surface area contributed by atoms with Gasteiger partial charge in [-0.25, -0.2) is 0 Å². The van der Waals surface area contributed by atoms with Gasteiger partial charge in [-0.1, -0.05) is 38.1 Å². The Kier molecular flexibility index (Phi) is 5.94. The predicted molar refractivity (Wildman–Crippen MR) is 102 cm³/mol. The van der Waals surface area contributed by atoms with Crippen LogP contribution in [0.15, 0.2) is 42.5 Å². The molecule has 0 saturated carbocycles. The number of rotatable bonds is 6. The number of hydrogen-bond donors (Lipinski definition) is 0. The summed E-state index contributed by atoms with van der Waals surface area (Å²) in [6, 6.07) is 13.9. The Labute approximate surface area is 155 Å². The normalized spacial score (nSPS) is 13.6. The second-order valence-electron chi connectivity index (χ2n) is 7.18. The van der Waals surface area contributed by atoms with Crippen LogP contribution < -0.4 is 4.74 Å². The van der Waals surface area contributed by atoms with Crippen LogP contribution in [-0.2, 0) is 24.3 Å². The van der Waals surface area contributed by atoms with Gasteiger partial charge >= 0.3 is 0 Å². The molecule has 26 heavy (non-hydrogen) atoms. The van der Waals surface area contributed by atoms with Crippen LogP contribution in [0.3, 0.4) is 0 Å². The fourth-order valence-corrected chi connectivity index (χ4v) is 3.28.